The molecule has 0 bridgehead atoms. The molecule has 0 aliphatic carbocycles. The van der Waals surface area contributed by atoms with E-state index in [9.17, 15) is 9.18 Å². The third kappa shape index (κ3) is 4.35. The first-order chi connectivity index (χ1) is 14.7. The summed E-state index contributed by atoms with van der Waals surface area (Å²) in [5.74, 6) is -0.296. The highest BCUT2D eigenvalue weighted by atomic mass is 19.1. The Balaban J connectivity index is 1.48. The summed E-state index contributed by atoms with van der Waals surface area (Å²) < 4.78 is 25.6. The van der Waals surface area contributed by atoms with Gasteiger partial charge >= 0.3 is 6.03 Å². The number of fused-ring (bicyclic) bond motifs is 1. The van der Waals surface area contributed by atoms with Crippen LogP contribution >= 0.6 is 0 Å². The zero-order valence-electron chi connectivity index (χ0n) is 16.8. The van der Waals surface area contributed by atoms with Gasteiger partial charge in [-0.2, -0.15) is 5.10 Å². The lowest BCUT2D eigenvalue weighted by Gasteiger charge is -2.28. The lowest BCUT2D eigenvalue weighted by atomic mass is 10.0. The van der Waals surface area contributed by atoms with Gasteiger partial charge in [0.15, 0.2) is 6.39 Å². The highest BCUT2D eigenvalue weighted by Crippen LogP contribution is 2.29. The van der Waals surface area contributed by atoms with Gasteiger partial charge < -0.3 is 19.4 Å². The van der Waals surface area contributed by atoms with E-state index >= 15 is 0 Å². The van der Waals surface area contributed by atoms with Gasteiger partial charge in [-0.1, -0.05) is 12.1 Å². The van der Waals surface area contributed by atoms with E-state index in [1.54, 1.807) is 23.3 Å². The predicted octanol–water partition coefficient (Wildman–Crippen LogP) is 2.98. The summed E-state index contributed by atoms with van der Waals surface area (Å²) in [4.78, 5) is 18.7. The van der Waals surface area contributed by atoms with Crippen LogP contribution in [0.1, 0.15) is 23.7 Å². The second-order valence-corrected chi connectivity index (χ2v) is 7.02. The molecule has 30 heavy (non-hydrogen) atoms. The fraction of sp³-hybridized carbons (Fsp3) is 0.381. The van der Waals surface area contributed by atoms with Gasteiger partial charge in [-0.25, -0.2) is 14.2 Å². The molecule has 0 saturated heterocycles. The molecule has 4 rings (SSSR count). The molecule has 0 atom stereocenters. The maximum Gasteiger partial charge on any atom is 0.317 e. The van der Waals surface area contributed by atoms with Crippen molar-refractivity contribution in [2.24, 2.45) is 0 Å². The van der Waals surface area contributed by atoms with Crippen molar-refractivity contribution in [3.63, 3.8) is 0 Å². The monoisotopic (exact) mass is 413 g/mol. The fourth-order valence-electron chi connectivity index (χ4n) is 3.57. The molecule has 1 aromatic carbocycles. The molecule has 1 aliphatic rings. The van der Waals surface area contributed by atoms with Gasteiger partial charge in [0.1, 0.15) is 23.5 Å². The molecule has 1 N–H and O–H groups in total. The topological polar surface area (TPSA) is 85.4 Å². The molecule has 0 spiro atoms. The zero-order chi connectivity index (χ0) is 20.9. The second-order valence-electron chi connectivity index (χ2n) is 7.02. The van der Waals surface area contributed by atoms with E-state index in [0.29, 0.717) is 51.5 Å². The third-order valence-corrected chi connectivity index (χ3v) is 5.10. The minimum atomic E-state index is -0.296. The molecule has 2 amide bonds. The lowest BCUT2D eigenvalue weighted by Crippen LogP contribution is -2.42. The standard InChI is InChI=1S/C21H24FN5O3/c1-2-29-10-9-27-19-7-8-26(12-17(19)20(25-27)18-13-30-14-24-18)21(28)23-11-15-3-5-16(22)6-4-15/h3-6,13-14H,2,7-12H2,1H3,(H,23,28). The molecule has 9 heteroatoms. The first-order valence-electron chi connectivity index (χ1n) is 9.97. The normalized spacial score (nSPS) is 13.3. The van der Waals surface area contributed by atoms with Crippen molar-refractivity contribution in [1.29, 1.82) is 0 Å². The molecule has 2 aromatic heterocycles. The van der Waals surface area contributed by atoms with Crippen LogP contribution in [0.15, 0.2) is 41.3 Å². The SMILES string of the molecule is CCOCCn1nc(-c2cocn2)c2c1CCN(C(=O)NCc1ccc(F)cc1)C2. The van der Waals surface area contributed by atoms with Crippen molar-refractivity contribution >= 4 is 6.03 Å². The minimum Gasteiger partial charge on any atom is -0.451 e. The van der Waals surface area contributed by atoms with Crippen LogP contribution in [0.5, 0.6) is 0 Å². The van der Waals surface area contributed by atoms with Crippen LogP contribution in [-0.2, 0) is 30.8 Å². The number of halogens is 1. The minimum absolute atomic E-state index is 0.168. The van der Waals surface area contributed by atoms with Crippen molar-refractivity contribution in [3.8, 4) is 11.4 Å². The Morgan fingerprint density at radius 3 is 2.90 bits per heavy atom. The Morgan fingerprint density at radius 2 is 2.17 bits per heavy atom. The Hall–Kier alpha value is -3.20. The maximum absolute atomic E-state index is 13.0. The molecule has 158 valence electrons. The number of aromatic nitrogens is 3. The Kier molecular flexibility index (Phi) is 6.08. The number of urea groups is 1. The summed E-state index contributed by atoms with van der Waals surface area (Å²) in [6, 6.07) is 5.92. The number of rotatable bonds is 7. The number of oxazole rings is 1. The van der Waals surface area contributed by atoms with Crippen LogP contribution in [0.3, 0.4) is 0 Å². The molecule has 0 unspecified atom stereocenters. The molecule has 3 heterocycles. The molecule has 0 radical (unpaired) electrons. The highest BCUT2D eigenvalue weighted by Gasteiger charge is 2.28. The smallest absolute Gasteiger partial charge is 0.317 e. The largest absolute Gasteiger partial charge is 0.451 e. The fourth-order valence-corrected chi connectivity index (χ4v) is 3.57. The number of benzene rings is 1. The summed E-state index contributed by atoms with van der Waals surface area (Å²) in [7, 11) is 0. The first kappa shape index (κ1) is 20.1. The molecule has 3 aromatic rings. The number of hydrogen-bond donors (Lipinski definition) is 1. The number of nitrogens with one attached hydrogen (secondary N) is 1. The highest BCUT2D eigenvalue weighted by molar-refractivity contribution is 5.75. The maximum atomic E-state index is 13.0. The summed E-state index contributed by atoms with van der Waals surface area (Å²) in [5.41, 5.74) is 4.29. The number of carbonyl (C=O) groups is 1. The first-order valence-corrected chi connectivity index (χ1v) is 9.97. The van der Waals surface area contributed by atoms with Gasteiger partial charge in [-0.15, -0.1) is 0 Å². The lowest BCUT2D eigenvalue weighted by molar-refractivity contribution is 0.135. The van der Waals surface area contributed by atoms with Gasteiger partial charge in [0.25, 0.3) is 0 Å². The van der Waals surface area contributed by atoms with Crippen LogP contribution in [0, 0.1) is 5.82 Å². The van der Waals surface area contributed by atoms with E-state index in [4.69, 9.17) is 14.3 Å². The Bertz CT molecular complexity index is 985. The van der Waals surface area contributed by atoms with E-state index < -0.39 is 0 Å². The number of ether oxygens (including phenoxy) is 1. The van der Waals surface area contributed by atoms with Crippen LogP contribution in [0.4, 0.5) is 9.18 Å². The average molecular weight is 413 g/mol. The number of amides is 2. The number of hydrogen-bond acceptors (Lipinski definition) is 5. The zero-order valence-corrected chi connectivity index (χ0v) is 16.8. The number of nitrogens with zero attached hydrogens (tertiary/aromatic N) is 4. The Morgan fingerprint density at radius 1 is 1.33 bits per heavy atom. The summed E-state index contributed by atoms with van der Waals surface area (Å²) in [6.07, 6.45) is 3.62. The molecule has 1 aliphatic heterocycles. The van der Waals surface area contributed by atoms with Gasteiger partial charge in [-0.3, -0.25) is 4.68 Å². The predicted molar refractivity (Wildman–Crippen MR) is 107 cm³/mol. The molecule has 0 saturated carbocycles. The molecule has 0 fully saturated rings. The van der Waals surface area contributed by atoms with Gasteiger partial charge in [0.2, 0.25) is 0 Å². The van der Waals surface area contributed by atoms with Crippen LogP contribution in [-0.4, -0.2) is 45.5 Å². The second kappa shape index (κ2) is 9.08. The van der Waals surface area contributed by atoms with E-state index in [1.165, 1.54) is 18.5 Å². The Labute approximate surface area is 173 Å². The van der Waals surface area contributed by atoms with Crippen LogP contribution in [0.2, 0.25) is 0 Å². The van der Waals surface area contributed by atoms with E-state index in [2.05, 4.69) is 10.3 Å². The van der Waals surface area contributed by atoms with Gasteiger partial charge in [0, 0.05) is 37.4 Å². The molecular formula is C21H24FN5O3. The van der Waals surface area contributed by atoms with Crippen molar-refractivity contribution in [1.82, 2.24) is 25.0 Å². The third-order valence-electron chi connectivity index (χ3n) is 5.10. The van der Waals surface area contributed by atoms with Gasteiger partial charge in [-0.05, 0) is 24.6 Å². The van der Waals surface area contributed by atoms with Gasteiger partial charge in [0.05, 0.1) is 19.7 Å². The van der Waals surface area contributed by atoms with Crippen molar-refractivity contribution in [2.45, 2.75) is 33.0 Å². The molecular weight excluding hydrogens is 389 g/mol. The van der Waals surface area contributed by atoms with E-state index in [0.717, 1.165) is 22.5 Å². The molecule has 8 nitrogen and oxygen atoms in total. The quantitative estimate of drug-likeness (QED) is 0.602. The van der Waals surface area contributed by atoms with Crippen molar-refractivity contribution in [2.75, 3.05) is 19.8 Å². The summed E-state index contributed by atoms with van der Waals surface area (Å²) >= 11 is 0. The van der Waals surface area contributed by atoms with Crippen molar-refractivity contribution in [3.05, 3.63) is 59.6 Å². The average Bonchev–Trinajstić information content (AvgIpc) is 3.41. The van der Waals surface area contributed by atoms with Crippen molar-refractivity contribution < 1.29 is 18.3 Å². The summed E-state index contributed by atoms with van der Waals surface area (Å²) in [5, 5.41) is 7.63. The van der Waals surface area contributed by atoms with Crippen LogP contribution in [0.25, 0.3) is 11.4 Å². The van der Waals surface area contributed by atoms with E-state index in [1.807, 2.05) is 11.6 Å². The van der Waals surface area contributed by atoms with Crippen LogP contribution < -0.4 is 5.32 Å². The van der Waals surface area contributed by atoms with E-state index in [-0.39, 0.29) is 11.8 Å². The summed E-state index contributed by atoms with van der Waals surface area (Å²) in [6.45, 7) is 5.19. The number of carbonyl (C=O) groups excluding carboxylic acids is 1.